The molecule has 0 rings (SSSR count). The maximum Gasteiger partial charge on any atom is -0.0533 e. The van der Waals surface area contributed by atoms with E-state index >= 15 is 0 Å². The fourth-order valence-electron chi connectivity index (χ4n) is 3.80. The highest BCUT2D eigenvalue weighted by molar-refractivity contribution is 4.47. The van der Waals surface area contributed by atoms with Crippen LogP contribution in [-0.4, -0.2) is 0 Å². The summed E-state index contributed by atoms with van der Waals surface area (Å²) in [6.45, 7) is 17.9. The molecule has 35 heavy (non-hydrogen) atoms. The van der Waals surface area contributed by atoms with Crippen molar-refractivity contribution in [1.29, 1.82) is 0 Å². The summed E-state index contributed by atoms with van der Waals surface area (Å²) in [5.74, 6) is 0. The van der Waals surface area contributed by atoms with Crippen molar-refractivity contribution in [3.63, 3.8) is 0 Å². The molecular formula is C35H80. The summed E-state index contributed by atoms with van der Waals surface area (Å²) in [7, 11) is 0. The summed E-state index contributed by atoms with van der Waals surface area (Å²) in [6.07, 6.45) is 37.1. The fraction of sp³-hybridized carbons (Fsp3) is 1.00. The van der Waals surface area contributed by atoms with Crippen molar-refractivity contribution in [2.24, 2.45) is 0 Å². The monoisotopic (exact) mass is 501 g/mol. The average Bonchev–Trinajstić information content (AvgIpc) is 2.84. The van der Waals surface area contributed by atoms with E-state index < -0.39 is 0 Å². The minimum absolute atomic E-state index is 0. The lowest BCUT2D eigenvalue weighted by Gasteiger charge is -2.00. The van der Waals surface area contributed by atoms with Gasteiger partial charge in [-0.25, -0.2) is 0 Å². The molecule has 0 fully saturated rings. The van der Waals surface area contributed by atoms with Gasteiger partial charge >= 0.3 is 0 Å². The van der Waals surface area contributed by atoms with E-state index in [9.17, 15) is 0 Å². The average molecular weight is 501 g/mol. The Balaban J connectivity index is -0.000000124. The molecule has 0 aromatic heterocycles. The van der Waals surface area contributed by atoms with Crippen LogP contribution in [0.1, 0.15) is 230 Å². The lowest BCUT2D eigenvalue weighted by atomic mass is 10.1. The maximum absolute atomic E-state index is 2.28. The maximum atomic E-state index is 2.28. The molecule has 0 unspecified atom stereocenters. The summed E-state index contributed by atoms with van der Waals surface area (Å²) in [6, 6.07) is 0. The van der Waals surface area contributed by atoms with Crippen molar-refractivity contribution in [1.82, 2.24) is 0 Å². The highest BCUT2D eigenvalue weighted by Crippen LogP contribution is 2.11. The molecule has 0 nitrogen and oxygen atoms in total. The first-order valence-corrected chi connectivity index (χ1v) is 16.7. The third-order valence-corrected chi connectivity index (χ3v) is 6.12. The van der Waals surface area contributed by atoms with E-state index in [2.05, 4.69) is 55.4 Å². The Morgan fingerprint density at radius 3 is 0.400 bits per heavy atom. The van der Waals surface area contributed by atoms with Gasteiger partial charge in [0, 0.05) is 0 Å². The second kappa shape index (κ2) is 54.8. The molecule has 0 aromatic rings. The zero-order valence-electron chi connectivity index (χ0n) is 26.4. The van der Waals surface area contributed by atoms with Gasteiger partial charge in [-0.1, -0.05) is 230 Å². The standard InChI is InChI=1S/C13H28.C11H24.C7H16.C3H8.CH4/c1-3-5-7-9-11-13-12-10-8-6-4-2;1-3-5-7-9-11-10-8-6-4-2;1-3-5-7-6-4-2;1-3-2;/h3-13H2,1-2H3;3-11H2,1-2H3;3-7H2,1-2H3;3H2,1-2H3;1H4. The van der Waals surface area contributed by atoms with Crippen LogP contribution >= 0.6 is 0 Å². The van der Waals surface area contributed by atoms with Gasteiger partial charge in [0.25, 0.3) is 0 Å². The first-order chi connectivity index (χ1) is 16.7. The molecule has 0 atom stereocenters. The Morgan fingerprint density at radius 2 is 0.286 bits per heavy atom. The van der Waals surface area contributed by atoms with Gasteiger partial charge in [-0.3, -0.25) is 0 Å². The van der Waals surface area contributed by atoms with Crippen molar-refractivity contribution in [3.8, 4) is 0 Å². The molecule has 0 amide bonds. The number of hydrogen-bond acceptors (Lipinski definition) is 0. The summed E-state index contributed by atoms with van der Waals surface area (Å²) >= 11 is 0. The van der Waals surface area contributed by atoms with E-state index in [4.69, 9.17) is 0 Å². The van der Waals surface area contributed by atoms with Crippen molar-refractivity contribution in [2.45, 2.75) is 230 Å². The Hall–Kier alpha value is 0. The van der Waals surface area contributed by atoms with Crippen LogP contribution in [-0.2, 0) is 0 Å². The van der Waals surface area contributed by atoms with Gasteiger partial charge in [0.2, 0.25) is 0 Å². The molecule has 0 spiro atoms. The van der Waals surface area contributed by atoms with E-state index in [0.717, 1.165) is 0 Å². The van der Waals surface area contributed by atoms with Gasteiger partial charge < -0.3 is 0 Å². The molecule has 0 radical (unpaired) electrons. The van der Waals surface area contributed by atoms with Gasteiger partial charge in [-0.05, 0) is 0 Å². The number of unbranched alkanes of at least 4 members (excludes halogenated alkanes) is 22. The van der Waals surface area contributed by atoms with Crippen LogP contribution < -0.4 is 0 Å². The van der Waals surface area contributed by atoms with E-state index in [1.54, 1.807) is 0 Å². The van der Waals surface area contributed by atoms with Crippen LogP contribution in [0.5, 0.6) is 0 Å². The second-order valence-corrected chi connectivity index (χ2v) is 10.4. The van der Waals surface area contributed by atoms with Crippen LogP contribution in [0.2, 0.25) is 0 Å². The summed E-state index contributed by atoms with van der Waals surface area (Å²) in [5, 5.41) is 0. The van der Waals surface area contributed by atoms with E-state index in [0.29, 0.717) is 0 Å². The van der Waals surface area contributed by atoms with Gasteiger partial charge in [0.15, 0.2) is 0 Å². The van der Waals surface area contributed by atoms with E-state index in [1.165, 1.54) is 167 Å². The molecule has 0 saturated carbocycles. The number of rotatable bonds is 22. The predicted molar refractivity (Wildman–Crippen MR) is 172 cm³/mol. The third kappa shape index (κ3) is 71.9. The molecule has 0 aliphatic heterocycles. The first-order valence-electron chi connectivity index (χ1n) is 16.7. The summed E-state index contributed by atoms with van der Waals surface area (Å²) < 4.78 is 0. The molecule has 0 heterocycles. The zero-order valence-corrected chi connectivity index (χ0v) is 26.4. The Kier molecular flexibility index (Phi) is 70.4. The largest absolute Gasteiger partial charge is 0.0776 e. The lowest BCUT2D eigenvalue weighted by molar-refractivity contribution is 0.554. The fourth-order valence-corrected chi connectivity index (χ4v) is 3.80. The summed E-state index contributed by atoms with van der Waals surface area (Å²) in [5.41, 5.74) is 0. The second-order valence-electron chi connectivity index (χ2n) is 10.4. The van der Waals surface area contributed by atoms with Crippen LogP contribution in [0.4, 0.5) is 0 Å². The Bertz CT molecular complexity index is 222. The highest BCUT2D eigenvalue weighted by atomic mass is 14.0. The zero-order chi connectivity index (χ0) is 26.4. The minimum atomic E-state index is 0. The van der Waals surface area contributed by atoms with Crippen LogP contribution in [0, 0.1) is 0 Å². The van der Waals surface area contributed by atoms with Crippen molar-refractivity contribution in [2.75, 3.05) is 0 Å². The van der Waals surface area contributed by atoms with Crippen LogP contribution in [0.25, 0.3) is 0 Å². The smallest absolute Gasteiger partial charge is 0.0533 e. The highest BCUT2D eigenvalue weighted by Gasteiger charge is 1.91. The third-order valence-electron chi connectivity index (χ3n) is 6.12. The molecule has 220 valence electrons. The van der Waals surface area contributed by atoms with Gasteiger partial charge in [-0.15, -0.1) is 0 Å². The number of hydrogen-bond donors (Lipinski definition) is 0. The van der Waals surface area contributed by atoms with Crippen molar-refractivity contribution < 1.29 is 0 Å². The predicted octanol–water partition coefficient (Wildman–Crippen LogP) is 14.9. The van der Waals surface area contributed by atoms with Gasteiger partial charge in [-0.2, -0.15) is 0 Å². The molecule has 0 N–H and O–H groups in total. The molecule has 0 aromatic carbocycles. The topological polar surface area (TPSA) is 0 Å². The molecule has 0 bridgehead atoms. The Morgan fingerprint density at radius 1 is 0.200 bits per heavy atom. The van der Waals surface area contributed by atoms with Crippen LogP contribution in [0.3, 0.4) is 0 Å². The Labute approximate surface area is 229 Å². The molecule has 0 heteroatoms. The summed E-state index contributed by atoms with van der Waals surface area (Å²) in [4.78, 5) is 0. The van der Waals surface area contributed by atoms with Crippen LogP contribution in [0.15, 0.2) is 0 Å². The first kappa shape index (κ1) is 45.0. The molecule has 0 aliphatic rings. The molecule has 0 saturated heterocycles. The van der Waals surface area contributed by atoms with Gasteiger partial charge in [0.05, 0.1) is 0 Å². The van der Waals surface area contributed by atoms with Gasteiger partial charge in [0.1, 0.15) is 0 Å². The van der Waals surface area contributed by atoms with E-state index in [-0.39, 0.29) is 7.43 Å². The van der Waals surface area contributed by atoms with E-state index in [1.807, 2.05) is 0 Å². The normalized spacial score (nSPS) is 9.60. The van der Waals surface area contributed by atoms with Crippen molar-refractivity contribution >= 4 is 0 Å². The van der Waals surface area contributed by atoms with Crippen molar-refractivity contribution in [3.05, 3.63) is 0 Å². The minimum Gasteiger partial charge on any atom is -0.0776 e. The lowest BCUT2D eigenvalue weighted by Crippen LogP contribution is -1.80. The molecule has 0 aliphatic carbocycles. The quantitative estimate of drug-likeness (QED) is 0.130. The molecular weight excluding hydrogens is 420 g/mol. The SMILES string of the molecule is C.CCC.CCCCCCC.CCCCCCCCCCC.CCCCCCCCCCCCC.